The SMILES string of the molecule is CC(C)(C)c1ccc2c(c1)-c1cc(C(C)(C)C)ccc1C2C(C1=CC([Si](C)(C)C)=CC1)(c1ccccc1)c1ccccc1. The predicted octanol–water partition coefficient (Wildman–Crippen LogP) is 11.5. The van der Waals surface area contributed by atoms with Crippen LogP contribution in [0.25, 0.3) is 11.1 Å². The zero-order chi connectivity index (χ0) is 30.8. The molecule has 220 valence electrons. The van der Waals surface area contributed by atoms with Gasteiger partial charge in [-0.2, -0.15) is 0 Å². The highest BCUT2D eigenvalue weighted by atomic mass is 28.3. The molecule has 0 bridgehead atoms. The Kier molecular flexibility index (Phi) is 7.13. The molecule has 1 heteroatoms. The summed E-state index contributed by atoms with van der Waals surface area (Å²) in [5.74, 6) is 0.158. The van der Waals surface area contributed by atoms with E-state index in [9.17, 15) is 0 Å². The van der Waals surface area contributed by atoms with Gasteiger partial charge in [-0.05, 0) is 61.8 Å². The highest BCUT2D eigenvalue weighted by Crippen LogP contribution is 2.61. The van der Waals surface area contributed by atoms with Crippen LogP contribution >= 0.6 is 0 Å². The first-order valence-electron chi connectivity index (χ1n) is 16.0. The Balaban J connectivity index is 1.74. The van der Waals surface area contributed by atoms with Crippen LogP contribution in [0.2, 0.25) is 19.6 Å². The van der Waals surface area contributed by atoms with E-state index in [-0.39, 0.29) is 22.2 Å². The Hall–Kier alpha value is -3.42. The van der Waals surface area contributed by atoms with Crippen LogP contribution in [-0.2, 0) is 16.2 Å². The third kappa shape index (κ3) is 5.00. The summed E-state index contributed by atoms with van der Waals surface area (Å²) in [6, 6.07) is 37.5. The molecule has 2 aliphatic rings. The molecule has 0 saturated heterocycles. The lowest BCUT2D eigenvalue weighted by atomic mass is 9.58. The molecule has 0 fully saturated rings. The van der Waals surface area contributed by atoms with Gasteiger partial charge in [0.25, 0.3) is 0 Å². The first-order valence-corrected chi connectivity index (χ1v) is 19.5. The monoisotopic (exact) mass is 580 g/mol. The number of rotatable bonds is 5. The topological polar surface area (TPSA) is 0 Å². The minimum Gasteiger partial charge on any atom is -0.0812 e. The fraction of sp³-hybridized carbons (Fsp3) is 0.333. The van der Waals surface area contributed by atoms with E-state index in [2.05, 4.69) is 170 Å². The fourth-order valence-electron chi connectivity index (χ4n) is 7.43. The van der Waals surface area contributed by atoms with Gasteiger partial charge in [0.15, 0.2) is 0 Å². The number of benzene rings is 4. The van der Waals surface area contributed by atoms with Crippen molar-refractivity contribution in [3.05, 3.63) is 153 Å². The molecule has 0 radical (unpaired) electrons. The minimum absolute atomic E-state index is 0.0784. The molecular formula is C42H48Si. The molecule has 0 aliphatic heterocycles. The van der Waals surface area contributed by atoms with E-state index in [0.29, 0.717) is 0 Å². The summed E-state index contributed by atoms with van der Waals surface area (Å²) in [6.45, 7) is 21.4. The van der Waals surface area contributed by atoms with Gasteiger partial charge in [-0.25, -0.2) is 0 Å². The molecule has 0 nitrogen and oxygen atoms in total. The highest BCUT2D eigenvalue weighted by molar-refractivity contribution is 6.83. The second-order valence-corrected chi connectivity index (χ2v) is 20.9. The molecule has 0 amide bonds. The van der Waals surface area contributed by atoms with Crippen molar-refractivity contribution >= 4 is 8.07 Å². The van der Waals surface area contributed by atoms with Gasteiger partial charge in [0.2, 0.25) is 0 Å². The van der Waals surface area contributed by atoms with Crippen molar-refractivity contribution in [1.29, 1.82) is 0 Å². The lowest BCUT2D eigenvalue weighted by molar-refractivity contribution is 0.525. The molecule has 0 heterocycles. The zero-order valence-electron chi connectivity index (χ0n) is 27.7. The maximum absolute atomic E-state index is 2.61. The van der Waals surface area contributed by atoms with E-state index in [1.54, 1.807) is 5.20 Å². The number of hydrogen-bond acceptors (Lipinski definition) is 0. The normalized spacial score (nSPS) is 15.7. The quantitative estimate of drug-likeness (QED) is 0.206. The van der Waals surface area contributed by atoms with E-state index in [0.717, 1.165) is 6.42 Å². The highest BCUT2D eigenvalue weighted by Gasteiger charge is 2.51. The minimum atomic E-state index is -1.50. The van der Waals surface area contributed by atoms with Gasteiger partial charge in [-0.15, -0.1) is 0 Å². The Morgan fingerprint density at radius 1 is 0.558 bits per heavy atom. The van der Waals surface area contributed by atoms with Gasteiger partial charge in [0.05, 0.1) is 13.5 Å². The summed E-state index contributed by atoms with van der Waals surface area (Å²) in [4.78, 5) is 0. The Morgan fingerprint density at radius 3 is 1.37 bits per heavy atom. The first-order chi connectivity index (χ1) is 20.2. The zero-order valence-corrected chi connectivity index (χ0v) is 28.7. The molecule has 0 unspecified atom stereocenters. The molecule has 4 aromatic rings. The van der Waals surface area contributed by atoms with Crippen LogP contribution in [0.3, 0.4) is 0 Å². The lowest BCUT2D eigenvalue weighted by Gasteiger charge is -2.43. The Bertz CT molecular complexity index is 1610. The summed E-state index contributed by atoms with van der Waals surface area (Å²) in [7, 11) is -1.50. The van der Waals surface area contributed by atoms with E-state index in [1.165, 1.54) is 50.1 Å². The van der Waals surface area contributed by atoms with Crippen molar-refractivity contribution in [1.82, 2.24) is 0 Å². The van der Waals surface area contributed by atoms with Crippen molar-refractivity contribution in [2.24, 2.45) is 0 Å². The molecule has 2 aliphatic carbocycles. The van der Waals surface area contributed by atoms with Crippen LogP contribution in [0.15, 0.2) is 120 Å². The van der Waals surface area contributed by atoms with Crippen LogP contribution in [0, 0.1) is 0 Å². The number of allylic oxidation sites excluding steroid dienone is 4. The average molecular weight is 581 g/mol. The van der Waals surface area contributed by atoms with Crippen LogP contribution < -0.4 is 0 Å². The summed E-state index contributed by atoms with van der Waals surface area (Å²) in [5.41, 5.74) is 12.6. The summed E-state index contributed by atoms with van der Waals surface area (Å²) >= 11 is 0. The summed E-state index contributed by atoms with van der Waals surface area (Å²) in [6.07, 6.45) is 6.14. The number of hydrogen-bond donors (Lipinski definition) is 0. The third-order valence-electron chi connectivity index (χ3n) is 9.89. The smallest absolute Gasteiger partial charge is 0.0771 e. The van der Waals surface area contributed by atoms with Crippen molar-refractivity contribution in [2.45, 2.75) is 89.8 Å². The molecule has 0 spiro atoms. The Morgan fingerprint density at radius 2 is 1.00 bits per heavy atom. The van der Waals surface area contributed by atoms with Gasteiger partial charge in [-0.1, -0.05) is 181 Å². The van der Waals surface area contributed by atoms with E-state index < -0.39 is 8.07 Å². The van der Waals surface area contributed by atoms with Crippen molar-refractivity contribution in [3.8, 4) is 11.1 Å². The van der Waals surface area contributed by atoms with Gasteiger partial charge < -0.3 is 0 Å². The van der Waals surface area contributed by atoms with Crippen LogP contribution in [0.1, 0.15) is 87.3 Å². The standard InChI is InChI=1S/C42H48Si/c1-40(2,3)31-21-24-35-37(27-31)38-28-32(41(4,5)6)22-25-36(38)39(35)42(29-16-12-10-13-17-29,30-18-14-11-15-19-30)33-20-23-34(26-33)43(7,8)9/h10-19,21-28,39H,20H2,1-9H3. The number of fused-ring (bicyclic) bond motifs is 3. The fourth-order valence-corrected chi connectivity index (χ4v) is 8.75. The maximum atomic E-state index is 2.61. The molecule has 0 atom stereocenters. The van der Waals surface area contributed by atoms with Gasteiger partial charge in [0.1, 0.15) is 0 Å². The van der Waals surface area contributed by atoms with Crippen LogP contribution in [0.5, 0.6) is 0 Å². The maximum Gasteiger partial charge on any atom is 0.0771 e. The molecule has 0 saturated carbocycles. The van der Waals surface area contributed by atoms with E-state index in [4.69, 9.17) is 0 Å². The largest absolute Gasteiger partial charge is 0.0812 e. The van der Waals surface area contributed by atoms with Crippen molar-refractivity contribution in [2.75, 3.05) is 0 Å². The van der Waals surface area contributed by atoms with Gasteiger partial charge >= 0.3 is 0 Å². The second-order valence-electron chi connectivity index (χ2n) is 15.9. The van der Waals surface area contributed by atoms with Crippen LogP contribution in [-0.4, -0.2) is 8.07 Å². The molecular weight excluding hydrogens is 533 g/mol. The lowest BCUT2D eigenvalue weighted by Crippen LogP contribution is -2.37. The summed E-state index contributed by atoms with van der Waals surface area (Å²) < 4.78 is 0. The van der Waals surface area contributed by atoms with E-state index in [1.807, 2.05) is 0 Å². The molecule has 4 aromatic carbocycles. The second kappa shape index (κ2) is 10.3. The van der Waals surface area contributed by atoms with Gasteiger partial charge in [-0.3, -0.25) is 0 Å². The van der Waals surface area contributed by atoms with Crippen molar-refractivity contribution in [3.63, 3.8) is 0 Å². The molecule has 6 rings (SSSR count). The predicted molar refractivity (Wildman–Crippen MR) is 189 cm³/mol. The molecule has 0 N–H and O–H groups in total. The Labute approximate surface area is 261 Å². The van der Waals surface area contributed by atoms with Crippen LogP contribution in [0.4, 0.5) is 0 Å². The first kappa shape index (κ1) is 29.6. The average Bonchev–Trinajstić information content (AvgIpc) is 3.58. The molecule has 0 aromatic heterocycles. The van der Waals surface area contributed by atoms with Crippen molar-refractivity contribution < 1.29 is 0 Å². The van der Waals surface area contributed by atoms with E-state index >= 15 is 0 Å². The molecule has 43 heavy (non-hydrogen) atoms. The third-order valence-corrected chi connectivity index (χ3v) is 12.0. The summed E-state index contributed by atoms with van der Waals surface area (Å²) in [5, 5.41) is 1.57. The van der Waals surface area contributed by atoms with Gasteiger partial charge in [0, 0.05) is 5.92 Å².